The molecule has 172 valence electrons. The Bertz CT molecular complexity index is 912. The summed E-state index contributed by atoms with van der Waals surface area (Å²) >= 11 is 0. The van der Waals surface area contributed by atoms with Crippen molar-refractivity contribution in [3.05, 3.63) is 48.7 Å². The molecule has 0 bridgehead atoms. The van der Waals surface area contributed by atoms with Gasteiger partial charge in [-0.05, 0) is 25.0 Å². The quantitative estimate of drug-likeness (QED) is 0.736. The molecule has 0 aliphatic carbocycles. The highest BCUT2D eigenvalue weighted by atomic mass is 19.4. The second-order valence-electron chi connectivity index (χ2n) is 7.39. The molecule has 1 unspecified atom stereocenters. The van der Waals surface area contributed by atoms with Gasteiger partial charge in [0, 0.05) is 43.4 Å². The molecule has 4 rings (SSSR count). The largest absolute Gasteiger partial charge is 0.490 e. The van der Waals surface area contributed by atoms with Crippen LogP contribution in [0.5, 0.6) is 0 Å². The van der Waals surface area contributed by atoms with Crippen molar-refractivity contribution in [2.75, 3.05) is 37.7 Å². The van der Waals surface area contributed by atoms with Gasteiger partial charge in [-0.15, -0.1) is 0 Å². The SMILES string of the molecule is O=C(O)C(F)(F)F.O=C(c1ccncc1)N1CCOC2(CCCN(c3cnccn3)C2)C1. The summed E-state index contributed by atoms with van der Waals surface area (Å²) in [4.78, 5) is 38.3. The average Bonchev–Trinajstić information content (AvgIpc) is 2.79. The summed E-state index contributed by atoms with van der Waals surface area (Å²) in [5, 5.41) is 7.12. The van der Waals surface area contributed by atoms with E-state index >= 15 is 0 Å². The first kappa shape index (κ1) is 23.4. The first-order valence-electron chi connectivity index (χ1n) is 9.85. The van der Waals surface area contributed by atoms with Gasteiger partial charge in [0.05, 0.1) is 25.9 Å². The average molecular weight is 453 g/mol. The minimum absolute atomic E-state index is 0.0432. The van der Waals surface area contributed by atoms with Gasteiger partial charge in [0.25, 0.3) is 5.91 Å². The molecule has 1 N–H and O–H groups in total. The van der Waals surface area contributed by atoms with Crippen molar-refractivity contribution >= 4 is 17.7 Å². The normalized spacial score (nSPS) is 21.0. The third kappa shape index (κ3) is 5.90. The number of aromatic nitrogens is 3. The van der Waals surface area contributed by atoms with Crippen molar-refractivity contribution in [2.24, 2.45) is 0 Å². The zero-order valence-corrected chi connectivity index (χ0v) is 17.0. The van der Waals surface area contributed by atoms with Crippen LogP contribution in [0.25, 0.3) is 0 Å². The van der Waals surface area contributed by atoms with E-state index in [4.69, 9.17) is 14.6 Å². The number of halogens is 3. The molecule has 2 aromatic rings. The van der Waals surface area contributed by atoms with Crippen molar-refractivity contribution in [3.63, 3.8) is 0 Å². The van der Waals surface area contributed by atoms with E-state index in [0.29, 0.717) is 25.3 Å². The summed E-state index contributed by atoms with van der Waals surface area (Å²) < 4.78 is 37.9. The van der Waals surface area contributed by atoms with Crippen LogP contribution in [-0.2, 0) is 9.53 Å². The third-order valence-corrected chi connectivity index (χ3v) is 5.12. The van der Waals surface area contributed by atoms with Gasteiger partial charge < -0.3 is 19.6 Å². The number of aliphatic carboxylic acids is 1. The zero-order chi connectivity index (χ0) is 23.2. The molecule has 2 aliphatic rings. The van der Waals surface area contributed by atoms with E-state index in [-0.39, 0.29) is 11.5 Å². The number of carbonyl (C=O) groups excluding carboxylic acids is 1. The van der Waals surface area contributed by atoms with Crippen molar-refractivity contribution in [1.29, 1.82) is 0 Å². The molecule has 0 saturated carbocycles. The van der Waals surface area contributed by atoms with E-state index in [1.807, 2.05) is 4.90 Å². The van der Waals surface area contributed by atoms with Crippen LogP contribution in [-0.4, -0.2) is 81.4 Å². The number of amides is 1. The third-order valence-electron chi connectivity index (χ3n) is 5.12. The van der Waals surface area contributed by atoms with Crippen LogP contribution in [0.2, 0.25) is 0 Å². The number of rotatable bonds is 2. The number of nitrogens with zero attached hydrogens (tertiary/aromatic N) is 5. The molecule has 2 saturated heterocycles. The predicted molar refractivity (Wildman–Crippen MR) is 106 cm³/mol. The molecule has 2 aliphatic heterocycles. The van der Waals surface area contributed by atoms with Crippen LogP contribution in [0.4, 0.5) is 19.0 Å². The number of carboxylic acid groups (broad SMARTS) is 1. The predicted octanol–water partition coefficient (Wildman–Crippen LogP) is 2.02. The van der Waals surface area contributed by atoms with Crippen LogP contribution in [0.3, 0.4) is 0 Å². The summed E-state index contributed by atoms with van der Waals surface area (Å²) in [5.41, 5.74) is 0.338. The van der Waals surface area contributed by atoms with Crippen molar-refractivity contribution < 1.29 is 32.6 Å². The van der Waals surface area contributed by atoms with E-state index < -0.39 is 12.1 Å². The minimum Gasteiger partial charge on any atom is -0.475 e. The lowest BCUT2D eigenvalue weighted by Crippen LogP contribution is -2.61. The van der Waals surface area contributed by atoms with Gasteiger partial charge in [-0.1, -0.05) is 0 Å². The fourth-order valence-corrected chi connectivity index (χ4v) is 3.69. The Balaban J connectivity index is 0.000000360. The summed E-state index contributed by atoms with van der Waals surface area (Å²) in [6.45, 7) is 3.44. The Morgan fingerprint density at radius 1 is 1.06 bits per heavy atom. The van der Waals surface area contributed by atoms with Gasteiger partial charge in [0.15, 0.2) is 0 Å². The zero-order valence-electron chi connectivity index (χ0n) is 17.0. The molecule has 0 radical (unpaired) electrons. The van der Waals surface area contributed by atoms with Gasteiger partial charge in [0.1, 0.15) is 11.4 Å². The molecule has 1 spiro atoms. The summed E-state index contributed by atoms with van der Waals surface area (Å²) in [7, 11) is 0. The molecule has 32 heavy (non-hydrogen) atoms. The van der Waals surface area contributed by atoms with Crippen LogP contribution in [0.1, 0.15) is 23.2 Å². The number of piperidine rings is 1. The number of morpholine rings is 1. The van der Waals surface area contributed by atoms with Crippen molar-refractivity contribution in [2.45, 2.75) is 24.6 Å². The summed E-state index contributed by atoms with van der Waals surface area (Å²) in [5.74, 6) is -1.85. The van der Waals surface area contributed by atoms with Gasteiger partial charge in [-0.3, -0.25) is 14.8 Å². The molecule has 4 heterocycles. The Hall–Kier alpha value is -3.28. The molecule has 9 nitrogen and oxygen atoms in total. The number of alkyl halides is 3. The van der Waals surface area contributed by atoms with Crippen LogP contribution in [0, 0.1) is 0 Å². The standard InChI is InChI=1S/C18H21N5O2.C2HF3O2/c24-17(15-2-5-19-6-3-15)23-10-11-25-18(14-23)4-1-9-22(13-18)16-12-20-7-8-21-16;3-2(4,5)1(6)7/h2-3,5-8,12H,1,4,9-11,13-14H2;(H,6,7). The summed E-state index contributed by atoms with van der Waals surface area (Å²) in [6, 6.07) is 3.52. The van der Waals surface area contributed by atoms with Gasteiger partial charge in [-0.25, -0.2) is 9.78 Å². The second kappa shape index (κ2) is 9.90. The van der Waals surface area contributed by atoms with E-state index in [1.54, 1.807) is 43.1 Å². The number of ether oxygens (including phenoxy) is 1. The first-order chi connectivity index (χ1) is 15.2. The lowest BCUT2D eigenvalue weighted by Gasteiger charge is -2.48. The maximum Gasteiger partial charge on any atom is 0.490 e. The highest BCUT2D eigenvalue weighted by molar-refractivity contribution is 5.94. The van der Waals surface area contributed by atoms with E-state index in [9.17, 15) is 18.0 Å². The maximum atomic E-state index is 12.8. The number of hydrogen-bond donors (Lipinski definition) is 1. The van der Waals surface area contributed by atoms with Crippen molar-refractivity contribution in [3.8, 4) is 0 Å². The topological polar surface area (TPSA) is 109 Å². The number of carboxylic acids is 1. The fourth-order valence-electron chi connectivity index (χ4n) is 3.69. The van der Waals surface area contributed by atoms with Gasteiger partial charge in [0.2, 0.25) is 0 Å². The molecule has 1 atom stereocenters. The van der Waals surface area contributed by atoms with Gasteiger partial charge >= 0.3 is 12.1 Å². The highest BCUT2D eigenvalue weighted by Crippen LogP contribution is 2.31. The summed E-state index contributed by atoms with van der Waals surface area (Å²) in [6.07, 6.45) is 5.34. The molecule has 2 fully saturated rings. The number of pyridine rings is 1. The second-order valence-corrected chi connectivity index (χ2v) is 7.39. The lowest BCUT2D eigenvalue weighted by molar-refractivity contribution is -0.192. The minimum atomic E-state index is -5.08. The first-order valence-corrected chi connectivity index (χ1v) is 9.85. The van der Waals surface area contributed by atoms with Crippen LogP contribution in [0.15, 0.2) is 43.1 Å². The Labute approximate surface area is 181 Å². The Kier molecular flexibility index (Phi) is 7.23. The van der Waals surface area contributed by atoms with Crippen LogP contribution >= 0.6 is 0 Å². The molecular weight excluding hydrogens is 431 g/mol. The van der Waals surface area contributed by atoms with E-state index in [0.717, 1.165) is 31.7 Å². The molecule has 2 aromatic heterocycles. The van der Waals surface area contributed by atoms with E-state index in [1.165, 1.54) is 0 Å². The molecule has 0 aromatic carbocycles. The molecule has 12 heteroatoms. The maximum absolute atomic E-state index is 12.8. The monoisotopic (exact) mass is 453 g/mol. The number of anilines is 1. The number of hydrogen-bond acceptors (Lipinski definition) is 7. The van der Waals surface area contributed by atoms with Crippen molar-refractivity contribution in [1.82, 2.24) is 19.9 Å². The van der Waals surface area contributed by atoms with Gasteiger partial charge in [-0.2, -0.15) is 13.2 Å². The molecular formula is C20H22F3N5O4. The van der Waals surface area contributed by atoms with E-state index in [2.05, 4.69) is 19.9 Å². The lowest BCUT2D eigenvalue weighted by atomic mass is 9.90. The fraction of sp³-hybridized carbons (Fsp3) is 0.450. The Morgan fingerprint density at radius 2 is 1.78 bits per heavy atom. The highest BCUT2D eigenvalue weighted by Gasteiger charge is 2.42. The smallest absolute Gasteiger partial charge is 0.475 e. The number of carbonyl (C=O) groups is 2. The Morgan fingerprint density at radius 3 is 2.41 bits per heavy atom. The van der Waals surface area contributed by atoms with Crippen LogP contribution < -0.4 is 4.90 Å². The molecule has 1 amide bonds.